The van der Waals surface area contributed by atoms with E-state index in [0.29, 0.717) is 18.4 Å². The number of carbonyl (C=O) groups is 2. The fraction of sp³-hybridized carbons (Fsp3) is 0.529. The van der Waals surface area contributed by atoms with Gasteiger partial charge >= 0.3 is 6.03 Å². The standard InChI is InChI=1S/C17H23N3O2/c21-16(18-9-12-5-6-12)11-20-17(22)19-10-14-8-7-13-3-1-2-4-15(13)14/h1-4,12,14H,5-11H2,(H,18,21)(H2,19,20,22)/t14-/m1/s1. The zero-order chi connectivity index (χ0) is 15.4. The van der Waals surface area contributed by atoms with Crippen LogP contribution < -0.4 is 16.0 Å². The first-order valence-electron chi connectivity index (χ1n) is 8.08. The summed E-state index contributed by atoms with van der Waals surface area (Å²) < 4.78 is 0. The molecule has 0 bridgehead atoms. The van der Waals surface area contributed by atoms with Crippen LogP contribution in [0.15, 0.2) is 24.3 Å². The van der Waals surface area contributed by atoms with Gasteiger partial charge in [0.05, 0.1) is 6.54 Å². The molecule has 2 aliphatic carbocycles. The van der Waals surface area contributed by atoms with E-state index in [1.165, 1.54) is 24.0 Å². The number of amides is 3. The van der Waals surface area contributed by atoms with Gasteiger partial charge in [0.15, 0.2) is 0 Å². The molecule has 3 amide bonds. The molecule has 0 spiro atoms. The first kappa shape index (κ1) is 14.9. The van der Waals surface area contributed by atoms with Crippen molar-refractivity contribution in [3.63, 3.8) is 0 Å². The van der Waals surface area contributed by atoms with E-state index in [2.05, 4.69) is 34.1 Å². The monoisotopic (exact) mass is 301 g/mol. The molecule has 118 valence electrons. The van der Waals surface area contributed by atoms with E-state index in [9.17, 15) is 9.59 Å². The van der Waals surface area contributed by atoms with Gasteiger partial charge in [0.25, 0.3) is 0 Å². The van der Waals surface area contributed by atoms with Gasteiger partial charge in [-0.1, -0.05) is 24.3 Å². The van der Waals surface area contributed by atoms with Gasteiger partial charge in [0, 0.05) is 19.0 Å². The minimum Gasteiger partial charge on any atom is -0.354 e. The lowest BCUT2D eigenvalue weighted by Crippen LogP contribution is -2.43. The maximum absolute atomic E-state index is 11.8. The normalized spacial score (nSPS) is 19.4. The molecule has 5 heteroatoms. The molecule has 0 aromatic heterocycles. The topological polar surface area (TPSA) is 70.2 Å². The summed E-state index contributed by atoms with van der Waals surface area (Å²) in [6, 6.07) is 8.12. The Morgan fingerprint density at radius 3 is 2.64 bits per heavy atom. The van der Waals surface area contributed by atoms with Crippen LogP contribution in [0.2, 0.25) is 0 Å². The summed E-state index contributed by atoms with van der Waals surface area (Å²) in [6.07, 6.45) is 4.56. The van der Waals surface area contributed by atoms with E-state index in [0.717, 1.165) is 19.4 Å². The molecule has 0 heterocycles. The number of carbonyl (C=O) groups excluding carboxylic acids is 2. The summed E-state index contributed by atoms with van der Waals surface area (Å²) in [5.41, 5.74) is 2.72. The average Bonchev–Trinajstić information content (AvgIpc) is 3.28. The van der Waals surface area contributed by atoms with Crippen LogP contribution in [0.4, 0.5) is 4.79 Å². The van der Waals surface area contributed by atoms with Gasteiger partial charge in [-0.25, -0.2) is 4.79 Å². The molecule has 1 aromatic rings. The molecule has 3 rings (SSSR count). The van der Waals surface area contributed by atoms with Crippen molar-refractivity contribution in [2.45, 2.75) is 31.6 Å². The third-order valence-electron chi connectivity index (χ3n) is 4.46. The highest BCUT2D eigenvalue weighted by Gasteiger charge is 2.23. The number of nitrogens with one attached hydrogen (secondary N) is 3. The zero-order valence-electron chi connectivity index (χ0n) is 12.7. The fourth-order valence-electron chi connectivity index (χ4n) is 2.94. The van der Waals surface area contributed by atoms with Crippen molar-refractivity contribution in [2.24, 2.45) is 5.92 Å². The average molecular weight is 301 g/mol. The summed E-state index contributed by atoms with van der Waals surface area (Å²) in [4.78, 5) is 23.3. The Morgan fingerprint density at radius 2 is 1.82 bits per heavy atom. The Balaban J connectivity index is 1.35. The smallest absolute Gasteiger partial charge is 0.315 e. The van der Waals surface area contributed by atoms with E-state index in [4.69, 9.17) is 0 Å². The second kappa shape index (κ2) is 6.81. The van der Waals surface area contributed by atoms with Crippen molar-refractivity contribution in [1.82, 2.24) is 16.0 Å². The molecule has 0 radical (unpaired) electrons. The van der Waals surface area contributed by atoms with Crippen LogP contribution in [0.3, 0.4) is 0 Å². The van der Waals surface area contributed by atoms with Crippen molar-refractivity contribution in [1.29, 1.82) is 0 Å². The SMILES string of the molecule is O=C(CNC(=O)NC[C@H]1CCc2ccccc21)NCC1CC1. The minimum atomic E-state index is -0.272. The molecule has 1 aromatic carbocycles. The van der Waals surface area contributed by atoms with Crippen LogP contribution in [-0.4, -0.2) is 31.6 Å². The molecule has 0 saturated heterocycles. The number of hydrogen-bond acceptors (Lipinski definition) is 2. The second-order valence-electron chi connectivity index (χ2n) is 6.25. The Hall–Kier alpha value is -2.04. The van der Waals surface area contributed by atoms with Crippen molar-refractivity contribution in [3.05, 3.63) is 35.4 Å². The lowest BCUT2D eigenvalue weighted by Gasteiger charge is -2.13. The van der Waals surface area contributed by atoms with Crippen molar-refractivity contribution in [2.75, 3.05) is 19.6 Å². The van der Waals surface area contributed by atoms with E-state index < -0.39 is 0 Å². The minimum absolute atomic E-state index is 0.0415. The summed E-state index contributed by atoms with van der Waals surface area (Å²) in [5, 5.41) is 8.31. The van der Waals surface area contributed by atoms with Crippen LogP contribution in [0.5, 0.6) is 0 Å². The molecule has 3 N–H and O–H groups in total. The largest absolute Gasteiger partial charge is 0.354 e. The van der Waals surface area contributed by atoms with E-state index >= 15 is 0 Å². The summed E-state index contributed by atoms with van der Waals surface area (Å²) in [7, 11) is 0. The van der Waals surface area contributed by atoms with Crippen molar-refractivity contribution < 1.29 is 9.59 Å². The Kier molecular flexibility index (Phi) is 4.61. The number of rotatable bonds is 6. The van der Waals surface area contributed by atoms with Crippen LogP contribution in [0.25, 0.3) is 0 Å². The zero-order valence-corrected chi connectivity index (χ0v) is 12.7. The molecule has 1 fully saturated rings. The number of aryl methyl sites for hydroxylation is 1. The lowest BCUT2D eigenvalue weighted by molar-refractivity contribution is -0.120. The summed E-state index contributed by atoms with van der Waals surface area (Å²) >= 11 is 0. The molecular weight excluding hydrogens is 278 g/mol. The molecule has 0 unspecified atom stereocenters. The quantitative estimate of drug-likeness (QED) is 0.746. The van der Waals surface area contributed by atoms with Crippen LogP contribution in [-0.2, 0) is 11.2 Å². The van der Waals surface area contributed by atoms with Crippen molar-refractivity contribution in [3.8, 4) is 0 Å². The predicted octanol–water partition coefficient (Wildman–Crippen LogP) is 1.54. The van der Waals surface area contributed by atoms with Gasteiger partial charge in [0.1, 0.15) is 0 Å². The summed E-state index contributed by atoms with van der Waals surface area (Å²) in [5.74, 6) is 0.916. The third-order valence-corrected chi connectivity index (χ3v) is 4.46. The number of urea groups is 1. The van der Waals surface area contributed by atoms with Gasteiger partial charge in [-0.15, -0.1) is 0 Å². The first-order valence-corrected chi connectivity index (χ1v) is 8.08. The van der Waals surface area contributed by atoms with Crippen LogP contribution >= 0.6 is 0 Å². The van der Waals surface area contributed by atoms with Crippen molar-refractivity contribution >= 4 is 11.9 Å². The number of fused-ring (bicyclic) bond motifs is 1. The second-order valence-corrected chi connectivity index (χ2v) is 6.25. The highest BCUT2D eigenvalue weighted by atomic mass is 16.2. The predicted molar refractivity (Wildman–Crippen MR) is 84.6 cm³/mol. The Bertz CT molecular complexity index is 555. The first-order chi connectivity index (χ1) is 10.7. The van der Waals surface area contributed by atoms with Crippen LogP contribution in [0.1, 0.15) is 36.3 Å². The molecular formula is C17H23N3O2. The molecule has 1 saturated carbocycles. The van der Waals surface area contributed by atoms with E-state index in [1.54, 1.807) is 0 Å². The van der Waals surface area contributed by atoms with Gasteiger partial charge in [-0.05, 0) is 42.7 Å². The highest BCUT2D eigenvalue weighted by molar-refractivity contribution is 5.83. The van der Waals surface area contributed by atoms with E-state index in [-0.39, 0.29) is 18.5 Å². The lowest BCUT2D eigenvalue weighted by atomic mass is 10.0. The molecule has 2 aliphatic rings. The third kappa shape index (κ3) is 4.00. The fourth-order valence-corrected chi connectivity index (χ4v) is 2.94. The summed E-state index contributed by atoms with van der Waals surface area (Å²) in [6.45, 7) is 1.40. The van der Waals surface area contributed by atoms with Gasteiger partial charge in [0.2, 0.25) is 5.91 Å². The molecule has 22 heavy (non-hydrogen) atoms. The van der Waals surface area contributed by atoms with Gasteiger partial charge in [-0.3, -0.25) is 4.79 Å². The van der Waals surface area contributed by atoms with Crippen LogP contribution in [0, 0.1) is 5.92 Å². The maximum Gasteiger partial charge on any atom is 0.315 e. The van der Waals surface area contributed by atoms with Gasteiger partial charge < -0.3 is 16.0 Å². The highest BCUT2D eigenvalue weighted by Crippen LogP contribution is 2.32. The van der Waals surface area contributed by atoms with E-state index in [1.807, 2.05) is 6.07 Å². The Morgan fingerprint density at radius 1 is 1.00 bits per heavy atom. The number of hydrogen-bond donors (Lipinski definition) is 3. The maximum atomic E-state index is 11.8. The Labute approximate surface area is 130 Å². The molecule has 1 atom stereocenters. The molecule has 0 aliphatic heterocycles. The number of benzene rings is 1. The van der Waals surface area contributed by atoms with Gasteiger partial charge in [-0.2, -0.15) is 0 Å². The molecule has 5 nitrogen and oxygen atoms in total.